The lowest BCUT2D eigenvalue weighted by Gasteiger charge is -2.22. The molecule has 1 N–H and O–H groups in total. The van der Waals surface area contributed by atoms with Gasteiger partial charge in [-0.05, 0) is 50.6 Å². The van der Waals surface area contributed by atoms with E-state index in [1.165, 1.54) is 32.4 Å². The monoisotopic (exact) mass is 433 g/mol. The molecule has 0 heterocycles. The molecule has 0 fully saturated rings. The van der Waals surface area contributed by atoms with Gasteiger partial charge in [0.2, 0.25) is 10.0 Å². The molecule has 162 valence electrons. The molecule has 0 bridgehead atoms. The Kier molecular flexibility index (Phi) is 8.02. The number of hydrogen-bond donors (Lipinski definition) is 1. The van der Waals surface area contributed by atoms with Gasteiger partial charge >= 0.3 is 5.97 Å². The van der Waals surface area contributed by atoms with Crippen LogP contribution in [0.5, 0.6) is 11.5 Å². The quantitative estimate of drug-likeness (QED) is 0.480. The standard InChI is InChI=1S/C22H27NO6S/c1-6-18(22(24)29-7-2)21(16-10-13-19(27-4)20(14-16)28-5)23-30(25,26)17-11-8-15(3)9-12-17/h6,8-14,21,23H,7H2,1-5H3. The van der Waals surface area contributed by atoms with E-state index in [9.17, 15) is 13.2 Å². The van der Waals surface area contributed by atoms with E-state index in [-0.39, 0.29) is 17.1 Å². The third-order valence-corrected chi connectivity index (χ3v) is 5.92. The first-order valence-corrected chi connectivity index (χ1v) is 10.9. The Bertz CT molecular complexity index is 1010. The summed E-state index contributed by atoms with van der Waals surface area (Å²) in [6.45, 7) is 5.38. The fourth-order valence-corrected chi connectivity index (χ4v) is 4.10. The fraction of sp³-hybridized carbons (Fsp3) is 0.318. The smallest absolute Gasteiger partial charge is 0.335 e. The summed E-state index contributed by atoms with van der Waals surface area (Å²) in [7, 11) is -0.948. The van der Waals surface area contributed by atoms with Crippen molar-refractivity contribution in [3.63, 3.8) is 0 Å². The summed E-state index contributed by atoms with van der Waals surface area (Å²) in [6.07, 6.45) is 1.54. The second kappa shape index (κ2) is 10.3. The lowest BCUT2D eigenvalue weighted by atomic mass is 9.99. The Balaban J connectivity index is 2.56. The van der Waals surface area contributed by atoms with Crippen LogP contribution in [0.15, 0.2) is 59.0 Å². The molecule has 2 rings (SSSR count). The van der Waals surface area contributed by atoms with E-state index in [1.807, 2.05) is 6.92 Å². The van der Waals surface area contributed by atoms with Crippen molar-refractivity contribution >= 4 is 16.0 Å². The molecule has 0 amide bonds. The summed E-state index contributed by atoms with van der Waals surface area (Å²) in [5.41, 5.74) is 1.61. The first-order valence-electron chi connectivity index (χ1n) is 9.41. The van der Waals surface area contributed by atoms with Crippen molar-refractivity contribution in [1.29, 1.82) is 0 Å². The van der Waals surface area contributed by atoms with Gasteiger partial charge in [0.15, 0.2) is 11.5 Å². The Morgan fingerprint density at radius 2 is 1.70 bits per heavy atom. The van der Waals surface area contributed by atoms with Crippen molar-refractivity contribution in [3.05, 3.63) is 65.2 Å². The number of allylic oxidation sites excluding steroid dienone is 1. The molecule has 0 aliphatic rings. The second-order valence-corrected chi connectivity index (χ2v) is 8.16. The van der Waals surface area contributed by atoms with Crippen LogP contribution >= 0.6 is 0 Å². The van der Waals surface area contributed by atoms with Crippen LogP contribution in [-0.4, -0.2) is 35.2 Å². The minimum atomic E-state index is -3.93. The van der Waals surface area contributed by atoms with Crippen LogP contribution in [-0.2, 0) is 19.6 Å². The number of carbonyl (C=O) groups is 1. The van der Waals surface area contributed by atoms with Crippen molar-refractivity contribution in [2.75, 3.05) is 20.8 Å². The summed E-state index contributed by atoms with van der Waals surface area (Å²) in [6, 6.07) is 10.4. The van der Waals surface area contributed by atoms with E-state index < -0.39 is 22.0 Å². The van der Waals surface area contributed by atoms with E-state index in [1.54, 1.807) is 44.2 Å². The van der Waals surface area contributed by atoms with Crippen LogP contribution in [0.2, 0.25) is 0 Å². The van der Waals surface area contributed by atoms with E-state index >= 15 is 0 Å². The number of nitrogens with one attached hydrogen (secondary N) is 1. The molecule has 1 atom stereocenters. The Morgan fingerprint density at radius 1 is 1.07 bits per heavy atom. The molecule has 7 nitrogen and oxygen atoms in total. The fourth-order valence-electron chi connectivity index (χ4n) is 2.90. The molecule has 0 saturated heterocycles. The Morgan fingerprint density at radius 3 is 2.23 bits per heavy atom. The minimum Gasteiger partial charge on any atom is -0.493 e. The molecule has 0 radical (unpaired) electrons. The van der Waals surface area contributed by atoms with Crippen LogP contribution in [0.3, 0.4) is 0 Å². The van der Waals surface area contributed by atoms with Gasteiger partial charge in [0.25, 0.3) is 0 Å². The second-order valence-electron chi connectivity index (χ2n) is 6.45. The third kappa shape index (κ3) is 5.40. The summed E-state index contributed by atoms with van der Waals surface area (Å²) < 4.78 is 44.5. The van der Waals surface area contributed by atoms with Gasteiger partial charge in [-0.3, -0.25) is 0 Å². The van der Waals surface area contributed by atoms with E-state index in [0.29, 0.717) is 17.1 Å². The molecular formula is C22H27NO6S. The van der Waals surface area contributed by atoms with Gasteiger partial charge in [-0.2, -0.15) is 4.72 Å². The zero-order valence-electron chi connectivity index (χ0n) is 17.8. The summed E-state index contributed by atoms with van der Waals surface area (Å²) in [5, 5.41) is 0. The topological polar surface area (TPSA) is 90.9 Å². The van der Waals surface area contributed by atoms with Gasteiger partial charge in [-0.1, -0.05) is 29.8 Å². The van der Waals surface area contributed by atoms with Crippen LogP contribution in [0.1, 0.15) is 31.0 Å². The highest BCUT2D eigenvalue weighted by Crippen LogP contribution is 2.33. The zero-order chi connectivity index (χ0) is 22.3. The maximum absolute atomic E-state index is 13.1. The van der Waals surface area contributed by atoms with Crippen molar-refractivity contribution in [1.82, 2.24) is 4.72 Å². The number of hydrogen-bond acceptors (Lipinski definition) is 6. The van der Waals surface area contributed by atoms with Crippen molar-refractivity contribution in [2.24, 2.45) is 0 Å². The average Bonchev–Trinajstić information content (AvgIpc) is 2.73. The Hall–Kier alpha value is -2.84. The van der Waals surface area contributed by atoms with Gasteiger partial charge in [0.05, 0.1) is 37.3 Å². The number of sulfonamides is 1. The minimum absolute atomic E-state index is 0.0953. The average molecular weight is 434 g/mol. The van der Waals surface area contributed by atoms with E-state index in [2.05, 4.69) is 4.72 Å². The highest BCUT2D eigenvalue weighted by molar-refractivity contribution is 7.89. The van der Waals surface area contributed by atoms with Gasteiger partial charge in [-0.25, -0.2) is 13.2 Å². The number of ether oxygens (including phenoxy) is 3. The summed E-state index contributed by atoms with van der Waals surface area (Å²) >= 11 is 0. The molecule has 2 aromatic rings. The van der Waals surface area contributed by atoms with E-state index in [0.717, 1.165) is 5.56 Å². The SMILES string of the molecule is CC=C(C(=O)OCC)C(NS(=O)(=O)c1ccc(C)cc1)c1ccc(OC)c(OC)c1. The van der Waals surface area contributed by atoms with Gasteiger partial charge in [0, 0.05) is 0 Å². The number of rotatable bonds is 9. The summed E-state index contributed by atoms with van der Waals surface area (Å²) in [5.74, 6) is 0.291. The van der Waals surface area contributed by atoms with Crippen molar-refractivity contribution in [3.8, 4) is 11.5 Å². The van der Waals surface area contributed by atoms with Crippen LogP contribution in [0, 0.1) is 6.92 Å². The maximum Gasteiger partial charge on any atom is 0.335 e. The first-order chi connectivity index (χ1) is 14.3. The number of esters is 1. The normalized spacial score (nSPS) is 12.9. The number of benzene rings is 2. The molecule has 0 spiro atoms. The molecular weight excluding hydrogens is 406 g/mol. The molecule has 2 aromatic carbocycles. The van der Waals surface area contributed by atoms with Gasteiger partial charge in [-0.15, -0.1) is 0 Å². The molecule has 0 saturated carbocycles. The largest absolute Gasteiger partial charge is 0.493 e. The molecule has 1 unspecified atom stereocenters. The zero-order valence-corrected chi connectivity index (χ0v) is 18.6. The van der Waals surface area contributed by atoms with Crippen molar-refractivity contribution < 1.29 is 27.4 Å². The number of carbonyl (C=O) groups excluding carboxylic acids is 1. The first kappa shape index (κ1) is 23.4. The highest BCUT2D eigenvalue weighted by atomic mass is 32.2. The maximum atomic E-state index is 13.1. The lowest BCUT2D eigenvalue weighted by Crippen LogP contribution is -2.32. The molecule has 8 heteroatoms. The highest BCUT2D eigenvalue weighted by Gasteiger charge is 2.29. The molecule has 30 heavy (non-hydrogen) atoms. The number of methoxy groups -OCH3 is 2. The van der Waals surface area contributed by atoms with Crippen molar-refractivity contribution in [2.45, 2.75) is 31.7 Å². The molecule has 0 aromatic heterocycles. The predicted molar refractivity (Wildman–Crippen MR) is 114 cm³/mol. The lowest BCUT2D eigenvalue weighted by molar-refractivity contribution is -0.138. The third-order valence-electron chi connectivity index (χ3n) is 4.48. The van der Waals surface area contributed by atoms with Gasteiger partial charge in [0.1, 0.15) is 0 Å². The van der Waals surface area contributed by atoms with Crippen LogP contribution in [0.25, 0.3) is 0 Å². The van der Waals surface area contributed by atoms with Gasteiger partial charge < -0.3 is 14.2 Å². The van der Waals surface area contributed by atoms with E-state index in [4.69, 9.17) is 14.2 Å². The molecule has 0 aliphatic carbocycles. The Labute approximate surface area is 177 Å². The summed E-state index contributed by atoms with van der Waals surface area (Å²) in [4.78, 5) is 12.6. The predicted octanol–water partition coefficient (Wildman–Crippen LogP) is 3.54. The number of aryl methyl sites for hydroxylation is 1. The molecule has 0 aliphatic heterocycles. The van der Waals surface area contributed by atoms with Crippen LogP contribution in [0.4, 0.5) is 0 Å². The van der Waals surface area contributed by atoms with Crippen LogP contribution < -0.4 is 14.2 Å².